The number of hydrogen-bond donors (Lipinski definition) is 3. The molecule has 0 radical (unpaired) electrons. The molecule has 3 aliphatic rings. The van der Waals surface area contributed by atoms with Crippen LogP contribution in [0.25, 0.3) is 0 Å². The molecule has 3 atom stereocenters. The highest BCUT2D eigenvalue weighted by molar-refractivity contribution is 5.94. The fourth-order valence-electron chi connectivity index (χ4n) is 4.50. The lowest BCUT2D eigenvalue weighted by Crippen LogP contribution is -2.45. The van der Waals surface area contributed by atoms with Crippen LogP contribution in [0.5, 0.6) is 0 Å². The minimum atomic E-state index is 0.233. The number of ether oxygens (including phenoxy) is 2. The van der Waals surface area contributed by atoms with Gasteiger partial charge in [0.25, 0.3) is 0 Å². The second-order valence-electron chi connectivity index (χ2n) is 7.97. The van der Waals surface area contributed by atoms with Crippen LogP contribution in [-0.4, -0.2) is 72.5 Å². The fourth-order valence-corrected chi connectivity index (χ4v) is 4.50. The summed E-state index contributed by atoms with van der Waals surface area (Å²) >= 11 is 0. The summed E-state index contributed by atoms with van der Waals surface area (Å²) in [6, 6.07) is 4.22. The van der Waals surface area contributed by atoms with Crippen LogP contribution in [0.4, 0.5) is 23.1 Å². The fraction of sp³-hybridized carbons (Fsp3) is 0.550. The van der Waals surface area contributed by atoms with Gasteiger partial charge >= 0.3 is 0 Å². The molecule has 0 aromatic carbocycles. The second-order valence-corrected chi connectivity index (χ2v) is 7.97. The first-order chi connectivity index (χ1) is 14.2. The zero-order chi connectivity index (χ0) is 19.8. The van der Waals surface area contributed by atoms with Crippen molar-refractivity contribution in [3.63, 3.8) is 0 Å². The van der Waals surface area contributed by atoms with Crippen LogP contribution in [-0.2, 0) is 9.47 Å². The van der Waals surface area contributed by atoms with Crippen molar-refractivity contribution in [2.45, 2.75) is 38.0 Å². The first-order valence-corrected chi connectivity index (χ1v) is 10.3. The van der Waals surface area contributed by atoms with Gasteiger partial charge in [0.15, 0.2) is 5.82 Å². The molecular weight excluding hydrogens is 370 g/mol. The van der Waals surface area contributed by atoms with E-state index in [0.29, 0.717) is 24.8 Å². The van der Waals surface area contributed by atoms with E-state index in [2.05, 4.69) is 38.3 Å². The lowest BCUT2D eigenvalue weighted by Gasteiger charge is -2.38. The second kappa shape index (κ2) is 7.64. The highest BCUT2D eigenvalue weighted by Crippen LogP contribution is 2.35. The van der Waals surface area contributed by atoms with Crippen molar-refractivity contribution >= 4 is 29.4 Å². The van der Waals surface area contributed by atoms with Gasteiger partial charge in [0.05, 0.1) is 36.7 Å². The summed E-state index contributed by atoms with van der Waals surface area (Å²) in [6.07, 6.45) is 5.95. The molecule has 9 nitrogen and oxygen atoms in total. The van der Waals surface area contributed by atoms with Gasteiger partial charge in [-0.2, -0.15) is 5.10 Å². The van der Waals surface area contributed by atoms with E-state index >= 15 is 0 Å². The minimum Gasteiger partial charge on any atom is -0.377 e. The predicted octanol–water partition coefficient (Wildman–Crippen LogP) is 2.14. The first-order valence-electron chi connectivity index (χ1n) is 10.3. The molecule has 0 saturated carbocycles. The number of anilines is 4. The molecule has 2 aromatic rings. The average Bonchev–Trinajstić information content (AvgIpc) is 3.36. The Morgan fingerprint density at radius 2 is 2.14 bits per heavy atom. The summed E-state index contributed by atoms with van der Waals surface area (Å²) in [5.74, 6) is 2.25. The van der Waals surface area contributed by atoms with Gasteiger partial charge in [-0.25, -0.2) is 4.98 Å². The third-order valence-corrected chi connectivity index (χ3v) is 5.96. The van der Waals surface area contributed by atoms with Crippen molar-refractivity contribution < 1.29 is 9.47 Å². The van der Waals surface area contributed by atoms with Gasteiger partial charge in [0.2, 0.25) is 0 Å². The van der Waals surface area contributed by atoms with Crippen LogP contribution in [0.1, 0.15) is 25.3 Å². The van der Waals surface area contributed by atoms with Crippen molar-refractivity contribution in [2.24, 2.45) is 0 Å². The molecule has 0 spiro atoms. The van der Waals surface area contributed by atoms with Gasteiger partial charge in [-0.15, -0.1) is 0 Å². The molecule has 0 aliphatic carbocycles. The molecule has 29 heavy (non-hydrogen) atoms. The number of nitrogens with one attached hydrogen (secondary N) is 3. The first kappa shape index (κ1) is 18.4. The number of aromatic amines is 1. The SMILES string of the molecule is C[C@@H]1COCCN1c1cc(N2CC3CCC(C2)O3)nc(Nc2cc[nH]n2)c1C=N. The van der Waals surface area contributed by atoms with Crippen LogP contribution in [0.2, 0.25) is 0 Å². The molecule has 9 heteroatoms. The van der Waals surface area contributed by atoms with Crippen LogP contribution >= 0.6 is 0 Å². The zero-order valence-corrected chi connectivity index (χ0v) is 16.6. The Hall–Kier alpha value is -2.65. The molecular formula is C20H27N7O2. The summed E-state index contributed by atoms with van der Waals surface area (Å²) in [6.45, 7) is 6.02. The van der Waals surface area contributed by atoms with E-state index in [4.69, 9.17) is 19.9 Å². The van der Waals surface area contributed by atoms with Crippen LogP contribution < -0.4 is 15.1 Å². The smallest absolute Gasteiger partial charge is 0.153 e. The quantitative estimate of drug-likeness (QED) is 0.664. The van der Waals surface area contributed by atoms with Crippen molar-refractivity contribution in [1.82, 2.24) is 15.2 Å². The number of fused-ring (bicyclic) bond motifs is 2. The molecule has 2 unspecified atom stereocenters. The maximum absolute atomic E-state index is 8.10. The van der Waals surface area contributed by atoms with Gasteiger partial charge < -0.3 is 30.0 Å². The molecule has 2 aromatic heterocycles. The lowest BCUT2D eigenvalue weighted by molar-refractivity contribution is 0.0302. The Balaban J connectivity index is 1.57. The summed E-state index contributed by atoms with van der Waals surface area (Å²) < 4.78 is 11.6. The Morgan fingerprint density at radius 1 is 1.31 bits per heavy atom. The Kier molecular flexibility index (Phi) is 4.84. The largest absolute Gasteiger partial charge is 0.377 e. The van der Waals surface area contributed by atoms with E-state index in [0.717, 1.165) is 49.5 Å². The van der Waals surface area contributed by atoms with Gasteiger partial charge in [0, 0.05) is 50.2 Å². The van der Waals surface area contributed by atoms with E-state index in [1.165, 1.54) is 6.21 Å². The van der Waals surface area contributed by atoms with E-state index in [9.17, 15) is 0 Å². The Bertz CT molecular complexity index is 860. The normalized spacial score (nSPS) is 26.6. The molecule has 5 heterocycles. The number of rotatable bonds is 5. The summed E-state index contributed by atoms with van der Waals surface area (Å²) in [5.41, 5.74) is 1.78. The molecule has 3 saturated heterocycles. The Morgan fingerprint density at radius 3 is 2.83 bits per heavy atom. The summed E-state index contributed by atoms with van der Waals surface area (Å²) in [7, 11) is 0. The molecule has 0 amide bonds. The van der Waals surface area contributed by atoms with Gasteiger partial charge in [-0.1, -0.05) is 0 Å². The van der Waals surface area contributed by atoms with E-state index in [1.54, 1.807) is 6.20 Å². The number of nitrogens with zero attached hydrogens (tertiary/aromatic N) is 4. The maximum atomic E-state index is 8.10. The highest BCUT2D eigenvalue weighted by atomic mass is 16.5. The van der Waals surface area contributed by atoms with Crippen molar-refractivity contribution in [1.29, 1.82) is 5.41 Å². The maximum Gasteiger partial charge on any atom is 0.153 e. The number of H-pyrrole nitrogens is 1. The van der Waals surface area contributed by atoms with Crippen LogP contribution in [0.15, 0.2) is 18.3 Å². The molecule has 3 fully saturated rings. The molecule has 3 aliphatic heterocycles. The van der Waals surface area contributed by atoms with E-state index in [1.807, 2.05) is 6.07 Å². The lowest BCUT2D eigenvalue weighted by atomic mass is 10.1. The topological polar surface area (TPSA) is 102 Å². The Labute approximate surface area is 169 Å². The number of morpholine rings is 2. The van der Waals surface area contributed by atoms with Crippen LogP contribution in [0.3, 0.4) is 0 Å². The summed E-state index contributed by atoms with van der Waals surface area (Å²) in [5, 5.41) is 18.4. The monoisotopic (exact) mass is 397 g/mol. The number of aromatic nitrogens is 3. The van der Waals surface area contributed by atoms with Gasteiger partial charge in [-0.3, -0.25) is 5.10 Å². The zero-order valence-electron chi connectivity index (χ0n) is 16.6. The molecule has 3 N–H and O–H groups in total. The summed E-state index contributed by atoms with van der Waals surface area (Å²) in [4.78, 5) is 9.56. The van der Waals surface area contributed by atoms with Crippen molar-refractivity contribution in [2.75, 3.05) is 48.0 Å². The van der Waals surface area contributed by atoms with Crippen LogP contribution in [0, 0.1) is 5.41 Å². The third-order valence-electron chi connectivity index (χ3n) is 5.96. The number of pyridine rings is 1. The van der Waals surface area contributed by atoms with E-state index < -0.39 is 0 Å². The highest BCUT2D eigenvalue weighted by Gasteiger charge is 2.35. The predicted molar refractivity (Wildman–Crippen MR) is 112 cm³/mol. The minimum absolute atomic E-state index is 0.233. The van der Waals surface area contributed by atoms with Gasteiger partial charge in [-0.05, 0) is 19.8 Å². The van der Waals surface area contributed by atoms with Crippen molar-refractivity contribution in [3.8, 4) is 0 Å². The van der Waals surface area contributed by atoms with Gasteiger partial charge in [0.1, 0.15) is 11.6 Å². The third kappa shape index (κ3) is 3.56. The molecule has 154 valence electrons. The standard InChI is InChI=1S/C20H27N7O2/c1-13-12-28-7-6-27(13)17-8-19(26-10-14-2-3-15(11-26)29-14)24-20(16(17)9-21)23-18-4-5-22-25-18/h4-5,8-9,13-15,21H,2-3,6-7,10-12H2,1H3,(H2,22,23,24,25)/t13-,14?,15?/m1/s1. The number of hydrogen-bond acceptors (Lipinski definition) is 8. The molecule has 2 bridgehead atoms. The molecule has 5 rings (SSSR count). The average molecular weight is 397 g/mol. The van der Waals surface area contributed by atoms with E-state index in [-0.39, 0.29) is 18.2 Å². The van der Waals surface area contributed by atoms with Crippen molar-refractivity contribution in [3.05, 3.63) is 23.9 Å².